The number of amides is 1. The van der Waals surface area contributed by atoms with E-state index in [1.165, 1.54) is 18.3 Å². The molecule has 3 N–H and O–H groups in total. The summed E-state index contributed by atoms with van der Waals surface area (Å²) >= 11 is 0. The molecule has 110 valence electrons. The van der Waals surface area contributed by atoms with Crippen molar-refractivity contribution in [3.05, 3.63) is 65.9 Å². The summed E-state index contributed by atoms with van der Waals surface area (Å²) < 4.78 is 0. The average Bonchev–Trinajstić information content (AvgIpc) is 2.49. The van der Waals surface area contributed by atoms with Gasteiger partial charge in [0.25, 0.3) is 5.91 Å². The molecule has 22 heavy (non-hydrogen) atoms. The molecule has 0 aromatic heterocycles. The van der Waals surface area contributed by atoms with E-state index in [9.17, 15) is 9.90 Å². The summed E-state index contributed by atoms with van der Waals surface area (Å²) in [4.78, 5) is 12.0. The minimum atomic E-state index is -0.547. The van der Waals surface area contributed by atoms with E-state index in [0.717, 1.165) is 11.3 Å². The van der Waals surface area contributed by atoms with E-state index in [1.54, 1.807) is 12.1 Å². The van der Waals surface area contributed by atoms with Crippen LogP contribution in [0.1, 0.15) is 5.56 Å². The highest BCUT2D eigenvalue weighted by molar-refractivity contribution is 6.06. The molecule has 0 aliphatic heterocycles. The van der Waals surface area contributed by atoms with Gasteiger partial charge in [-0.05, 0) is 30.7 Å². The monoisotopic (exact) mass is 293 g/mol. The predicted octanol–water partition coefficient (Wildman–Crippen LogP) is 3.16. The quantitative estimate of drug-likeness (QED) is 0.597. The Morgan fingerprint density at radius 3 is 2.68 bits per heavy atom. The van der Waals surface area contributed by atoms with Gasteiger partial charge < -0.3 is 15.7 Å². The third kappa shape index (κ3) is 3.87. The highest BCUT2D eigenvalue weighted by atomic mass is 16.3. The van der Waals surface area contributed by atoms with Gasteiger partial charge in [0.1, 0.15) is 17.4 Å². The van der Waals surface area contributed by atoms with E-state index in [1.807, 2.05) is 37.3 Å². The first-order chi connectivity index (χ1) is 10.6. The summed E-state index contributed by atoms with van der Waals surface area (Å²) in [6.45, 7) is 1.93. The van der Waals surface area contributed by atoms with Crippen LogP contribution in [0, 0.1) is 18.3 Å². The number of para-hydroxylation sites is 1. The third-order valence-electron chi connectivity index (χ3n) is 2.99. The number of benzene rings is 2. The molecule has 2 rings (SSSR count). The maximum Gasteiger partial charge on any atom is 0.267 e. The van der Waals surface area contributed by atoms with Gasteiger partial charge in [-0.1, -0.05) is 24.3 Å². The normalized spacial score (nSPS) is 10.6. The highest BCUT2D eigenvalue weighted by Crippen LogP contribution is 2.17. The molecule has 0 unspecified atom stereocenters. The molecule has 0 aliphatic rings. The van der Waals surface area contributed by atoms with E-state index in [-0.39, 0.29) is 11.3 Å². The molecule has 0 radical (unpaired) electrons. The molecule has 0 fully saturated rings. The second-order valence-corrected chi connectivity index (χ2v) is 4.63. The number of phenols is 1. The van der Waals surface area contributed by atoms with Gasteiger partial charge in [0.2, 0.25) is 0 Å². The van der Waals surface area contributed by atoms with Crippen LogP contribution in [0.15, 0.2) is 60.3 Å². The van der Waals surface area contributed by atoms with Crippen molar-refractivity contribution in [2.24, 2.45) is 0 Å². The first kappa shape index (κ1) is 15.1. The number of aromatic hydroxyl groups is 1. The van der Waals surface area contributed by atoms with Crippen LogP contribution in [0.25, 0.3) is 0 Å². The number of rotatable bonds is 4. The van der Waals surface area contributed by atoms with Gasteiger partial charge in [-0.2, -0.15) is 5.26 Å². The van der Waals surface area contributed by atoms with Crippen LogP contribution in [0.5, 0.6) is 5.75 Å². The Kier molecular flexibility index (Phi) is 4.78. The molecule has 0 atom stereocenters. The molecule has 0 saturated carbocycles. The summed E-state index contributed by atoms with van der Waals surface area (Å²) in [7, 11) is 0. The van der Waals surface area contributed by atoms with Gasteiger partial charge >= 0.3 is 0 Å². The minimum absolute atomic E-state index is 0.0401. The molecular weight excluding hydrogens is 278 g/mol. The molecule has 2 aromatic rings. The Labute approximate surface area is 128 Å². The van der Waals surface area contributed by atoms with E-state index >= 15 is 0 Å². The number of nitriles is 1. The zero-order valence-corrected chi connectivity index (χ0v) is 12.0. The Balaban J connectivity index is 2.11. The van der Waals surface area contributed by atoms with Crippen molar-refractivity contribution in [2.75, 3.05) is 10.6 Å². The lowest BCUT2D eigenvalue weighted by Crippen LogP contribution is -2.14. The molecule has 0 heterocycles. The predicted molar refractivity (Wildman–Crippen MR) is 85.2 cm³/mol. The van der Waals surface area contributed by atoms with Crippen LogP contribution in [-0.4, -0.2) is 11.0 Å². The van der Waals surface area contributed by atoms with E-state index in [4.69, 9.17) is 5.26 Å². The van der Waals surface area contributed by atoms with Crippen molar-refractivity contribution in [2.45, 2.75) is 6.92 Å². The fourth-order valence-electron chi connectivity index (χ4n) is 1.82. The summed E-state index contributed by atoms with van der Waals surface area (Å²) in [5.74, 6) is -0.507. The third-order valence-corrected chi connectivity index (χ3v) is 2.99. The minimum Gasteiger partial charge on any atom is -0.508 e. The van der Waals surface area contributed by atoms with Gasteiger partial charge in [0.05, 0.1) is 0 Å². The lowest BCUT2D eigenvalue weighted by Gasteiger charge is -2.07. The van der Waals surface area contributed by atoms with Crippen molar-refractivity contribution >= 4 is 17.3 Å². The molecule has 0 bridgehead atoms. The van der Waals surface area contributed by atoms with Crippen molar-refractivity contribution in [1.29, 1.82) is 5.26 Å². The largest absolute Gasteiger partial charge is 0.508 e. The van der Waals surface area contributed by atoms with Crippen LogP contribution in [-0.2, 0) is 4.79 Å². The second-order valence-electron chi connectivity index (χ2n) is 4.63. The fourth-order valence-corrected chi connectivity index (χ4v) is 1.82. The zero-order valence-electron chi connectivity index (χ0n) is 12.0. The highest BCUT2D eigenvalue weighted by Gasteiger charge is 2.09. The first-order valence-corrected chi connectivity index (χ1v) is 6.63. The Morgan fingerprint density at radius 1 is 1.23 bits per heavy atom. The second kappa shape index (κ2) is 6.95. The summed E-state index contributed by atoms with van der Waals surface area (Å²) in [5, 5.41) is 24.0. The SMILES string of the molecule is Cc1ccccc1N/C=C(/C#N)C(=O)Nc1cccc(O)c1. The molecule has 1 amide bonds. The molecule has 0 aliphatic carbocycles. The first-order valence-electron chi connectivity index (χ1n) is 6.63. The van der Waals surface area contributed by atoms with E-state index < -0.39 is 5.91 Å². The average molecular weight is 293 g/mol. The maximum absolute atomic E-state index is 12.0. The number of phenolic OH excluding ortho intramolecular Hbond substituents is 1. The number of aryl methyl sites for hydroxylation is 1. The van der Waals surface area contributed by atoms with Gasteiger partial charge in [-0.25, -0.2) is 0 Å². The standard InChI is InChI=1S/C17H15N3O2/c1-12-5-2-3-8-16(12)19-11-13(10-18)17(22)20-14-6-4-7-15(21)9-14/h2-9,11,19,21H,1H3,(H,20,22)/b13-11-. The summed E-state index contributed by atoms with van der Waals surface area (Å²) in [6.07, 6.45) is 1.36. The topological polar surface area (TPSA) is 85.2 Å². The van der Waals surface area contributed by atoms with E-state index in [0.29, 0.717) is 5.69 Å². The molecule has 0 spiro atoms. The van der Waals surface area contributed by atoms with E-state index in [2.05, 4.69) is 10.6 Å². The van der Waals surface area contributed by atoms with Crippen LogP contribution in [0.2, 0.25) is 0 Å². The van der Waals surface area contributed by atoms with Gasteiger partial charge in [-0.15, -0.1) is 0 Å². The summed E-state index contributed by atoms with van der Waals surface area (Å²) in [5.41, 5.74) is 2.18. The number of carbonyl (C=O) groups is 1. The molecule has 5 nitrogen and oxygen atoms in total. The van der Waals surface area contributed by atoms with Gasteiger partial charge in [0, 0.05) is 23.6 Å². The van der Waals surface area contributed by atoms with Crippen molar-refractivity contribution < 1.29 is 9.90 Å². The van der Waals surface area contributed by atoms with Gasteiger partial charge in [-0.3, -0.25) is 4.79 Å². The number of carbonyl (C=O) groups excluding carboxylic acids is 1. The van der Waals surface area contributed by atoms with Crippen molar-refractivity contribution in [3.8, 4) is 11.8 Å². The number of hydrogen-bond acceptors (Lipinski definition) is 4. The van der Waals surface area contributed by atoms with Crippen LogP contribution in [0.3, 0.4) is 0 Å². The molecule has 2 aromatic carbocycles. The Hall–Kier alpha value is -3.26. The fraction of sp³-hybridized carbons (Fsp3) is 0.0588. The van der Waals surface area contributed by atoms with Crippen molar-refractivity contribution in [3.63, 3.8) is 0 Å². The number of hydrogen-bond donors (Lipinski definition) is 3. The van der Waals surface area contributed by atoms with Crippen molar-refractivity contribution in [1.82, 2.24) is 0 Å². The smallest absolute Gasteiger partial charge is 0.267 e. The summed E-state index contributed by atoms with van der Waals surface area (Å²) in [6, 6.07) is 15.5. The van der Waals surface area contributed by atoms with Crippen LogP contribution < -0.4 is 10.6 Å². The molecule has 5 heteroatoms. The van der Waals surface area contributed by atoms with Gasteiger partial charge in [0.15, 0.2) is 0 Å². The number of nitrogens with zero attached hydrogens (tertiary/aromatic N) is 1. The Morgan fingerprint density at radius 2 is 2.00 bits per heavy atom. The van der Waals surface area contributed by atoms with Crippen LogP contribution in [0.4, 0.5) is 11.4 Å². The molecule has 0 saturated heterocycles. The molecular formula is C17H15N3O2. The zero-order chi connectivity index (χ0) is 15.9. The number of anilines is 2. The lowest BCUT2D eigenvalue weighted by atomic mass is 10.2. The maximum atomic E-state index is 12.0. The lowest BCUT2D eigenvalue weighted by molar-refractivity contribution is -0.112. The van der Waals surface area contributed by atoms with Crippen LogP contribution >= 0.6 is 0 Å². The number of nitrogens with one attached hydrogen (secondary N) is 2. The Bertz CT molecular complexity index is 760.